The van der Waals surface area contributed by atoms with Crippen molar-refractivity contribution in [1.82, 2.24) is 9.80 Å². The number of hydrogen-bond acceptors (Lipinski definition) is 4. The van der Waals surface area contributed by atoms with Crippen molar-refractivity contribution in [3.63, 3.8) is 0 Å². The zero-order valence-corrected chi connectivity index (χ0v) is 20.1. The lowest BCUT2D eigenvalue weighted by Crippen LogP contribution is -2.60. The van der Waals surface area contributed by atoms with Crippen LogP contribution in [0, 0.1) is 11.6 Å². The fraction of sp³-hybridized carbons (Fsp3) is 0.458. The van der Waals surface area contributed by atoms with E-state index in [9.17, 15) is 13.6 Å². The van der Waals surface area contributed by atoms with E-state index in [0.717, 1.165) is 44.2 Å². The van der Waals surface area contributed by atoms with Gasteiger partial charge in [-0.25, -0.2) is 8.78 Å². The number of carbonyl (C=O) groups excluding carboxylic acids is 1. The quantitative estimate of drug-likeness (QED) is 0.587. The Hall–Kier alpha value is -2.09. The number of rotatable bonds is 6. The molecule has 0 bridgehead atoms. The number of carbonyl (C=O) groups is 1. The largest absolute Gasteiger partial charge is 0.368 e. The Morgan fingerprint density at radius 3 is 2.45 bits per heavy atom. The van der Waals surface area contributed by atoms with Gasteiger partial charge in [0.1, 0.15) is 0 Å². The molecule has 2 aromatic rings. The van der Waals surface area contributed by atoms with Gasteiger partial charge in [0.05, 0.1) is 22.6 Å². The number of likely N-dealkylation sites (tertiary alicyclic amines) is 1. The molecular formula is C24H28Cl2F2N4O. The second-order valence-corrected chi connectivity index (χ2v) is 9.56. The van der Waals surface area contributed by atoms with E-state index < -0.39 is 11.6 Å². The minimum Gasteiger partial charge on any atom is -0.368 e. The highest BCUT2D eigenvalue weighted by Gasteiger charge is 2.33. The molecule has 2 aromatic carbocycles. The van der Waals surface area contributed by atoms with Gasteiger partial charge < -0.3 is 19.6 Å². The maximum absolute atomic E-state index is 13.8. The first-order valence-electron chi connectivity index (χ1n) is 11.2. The second-order valence-electron chi connectivity index (χ2n) is 8.75. The molecule has 1 amide bonds. The molecule has 0 aromatic heterocycles. The highest BCUT2D eigenvalue weighted by Crippen LogP contribution is 2.27. The van der Waals surface area contributed by atoms with Crippen LogP contribution in [0.5, 0.6) is 0 Å². The van der Waals surface area contributed by atoms with Crippen LogP contribution in [0.25, 0.3) is 0 Å². The standard InChI is InChI=1S/C24H28Cl2F2N4O/c1-29(17-4-6-20(25)21(26)12-17)16-24(33)32-11-10-31(18-5-7-22(27)23(28)13-18)15-19(32)14-30-8-2-3-9-30/h4-7,12-13,19H,2-3,8-11,14-16H2,1H3. The molecule has 2 fully saturated rings. The summed E-state index contributed by atoms with van der Waals surface area (Å²) in [5.74, 6) is -1.69. The normalized spacial score (nSPS) is 19.2. The first-order valence-corrected chi connectivity index (χ1v) is 12.0. The maximum atomic E-state index is 13.8. The predicted octanol–water partition coefficient (Wildman–Crippen LogP) is 4.52. The third kappa shape index (κ3) is 5.70. The number of halogens is 4. The maximum Gasteiger partial charge on any atom is 0.242 e. The average molecular weight is 497 g/mol. The first-order chi connectivity index (χ1) is 15.8. The van der Waals surface area contributed by atoms with Crippen LogP contribution in [0.15, 0.2) is 36.4 Å². The molecular weight excluding hydrogens is 469 g/mol. The summed E-state index contributed by atoms with van der Waals surface area (Å²) in [6, 6.07) is 9.25. The van der Waals surface area contributed by atoms with Gasteiger partial charge in [-0.3, -0.25) is 4.79 Å². The number of amides is 1. The van der Waals surface area contributed by atoms with E-state index >= 15 is 0 Å². The fourth-order valence-corrected chi connectivity index (χ4v) is 4.92. The molecule has 0 radical (unpaired) electrons. The molecule has 0 aliphatic carbocycles. The number of likely N-dealkylation sites (N-methyl/N-ethyl adjacent to an activating group) is 1. The van der Waals surface area contributed by atoms with Crippen LogP contribution in [0.3, 0.4) is 0 Å². The van der Waals surface area contributed by atoms with E-state index in [0.29, 0.717) is 35.4 Å². The lowest BCUT2D eigenvalue weighted by molar-refractivity contribution is -0.132. The molecule has 2 heterocycles. The Morgan fingerprint density at radius 2 is 1.76 bits per heavy atom. The molecule has 2 aliphatic heterocycles. The smallest absolute Gasteiger partial charge is 0.242 e. The molecule has 178 valence electrons. The number of anilines is 2. The third-order valence-electron chi connectivity index (χ3n) is 6.46. The summed E-state index contributed by atoms with van der Waals surface area (Å²) in [6.45, 7) is 4.67. The summed E-state index contributed by atoms with van der Waals surface area (Å²) >= 11 is 12.2. The Balaban J connectivity index is 1.48. The average Bonchev–Trinajstić information content (AvgIpc) is 3.30. The van der Waals surface area contributed by atoms with Gasteiger partial charge in [-0.15, -0.1) is 0 Å². The molecule has 9 heteroatoms. The lowest BCUT2D eigenvalue weighted by Gasteiger charge is -2.44. The molecule has 5 nitrogen and oxygen atoms in total. The van der Waals surface area contributed by atoms with Crippen molar-refractivity contribution in [2.24, 2.45) is 0 Å². The van der Waals surface area contributed by atoms with Gasteiger partial charge in [-0.1, -0.05) is 23.2 Å². The van der Waals surface area contributed by atoms with E-state index in [1.165, 1.54) is 6.07 Å². The molecule has 0 saturated carbocycles. The number of nitrogens with zero attached hydrogens (tertiary/aromatic N) is 4. The molecule has 33 heavy (non-hydrogen) atoms. The van der Waals surface area contributed by atoms with Gasteiger partial charge in [-0.2, -0.15) is 0 Å². The van der Waals surface area contributed by atoms with E-state index in [1.807, 2.05) is 27.8 Å². The first kappa shape index (κ1) is 24.0. The Labute approximate surface area is 203 Å². The SMILES string of the molecule is CN(CC(=O)N1CCN(c2ccc(F)c(F)c2)CC1CN1CCCC1)c1ccc(Cl)c(Cl)c1. The third-order valence-corrected chi connectivity index (χ3v) is 7.19. The van der Waals surface area contributed by atoms with E-state index in [2.05, 4.69) is 4.90 Å². The Kier molecular flexibility index (Phi) is 7.62. The van der Waals surface area contributed by atoms with Crippen molar-refractivity contribution in [2.45, 2.75) is 18.9 Å². The van der Waals surface area contributed by atoms with Gasteiger partial charge in [0.2, 0.25) is 5.91 Å². The molecule has 1 atom stereocenters. The van der Waals surface area contributed by atoms with Gasteiger partial charge in [0.15, 0.2) is 11.6 Å². The number of benzene rings is 2. The summed E-state index contributed by atoms with van der Waals surface area (Å²) < 4.78 is 27.2. The number of hydrogen-bond donors (Lipinski definition) is 0. The van der Waals surface area contributed by atoms with E-state index in [1.54, 1.807) is 18.2 Å². The molecule has 2 aliphatic rings. The minimum absolute atomic E-state index is 0.0257. The van der Waals surface area contributed by atoms with Crippen molar-refractivity contribution >= 4 is 40.5 Å². The second kappa shape index (κ2) is 10.5. The van der Waals surface area contributed by atoms with Gasteiger partial charge in [0, 0.05) is 50.7 Å². The summed E-state index contributed by atoms with van der Waals surface area (Å²) in [4.78, 5) is 21.5. The highest BCUT2D eigenvalue weighted by molar-refractivity contribution is 6.42. The monoisotopic (exact) mass is 496 g/mol. The van der Waals surface area contributed by atoms with Crippen molar-refractivity contribution in [3.8, 4) is 0 Å². The van der Waals surface area contributed by atoms with Crippen molar-refractivity contribution in [1.29, 1.82) is 0 Å². The zero-order valence-electron chi connectivity index (χ0n) is 18.6. The topological polar surface area (TPSA) is 30.0 Å². The van der Waals surface area contributed by atoms with Crippen LogP contribution >= 0.6 is 23.2 Å². The van der Waals surface area contributed by atoms with Crippen LogP contribution in [-0.2, 0) is 4.79 Å². The van der Waals surface area contributed by atoms with E-state index in [4.69, 9.17) is 23.2 Å². The minimum atomic E-state index is -0.856. The predicted molar refractivity (Wildman–Crippen MR) is 129 cm³/mol. The van der Waals surface area contributed by atoms with Crippen LogP contribution in [-0.4, -0.2) is 74.6 Å². The highest BCUT2D eigenvalue weighted by atomic mass is 35.5. The Morgan fingerprint density at radius 1 is 1.00 bits per heavy atom. The zero-order chi connectivity index (χ0) is 23.5. The summed E-state index contributed by atoms with van der Waals surface area (Å²) in [7, 11) is 1.85. The van der Waals surface area contributed by atoms with Gasteiger partial charge in [-0.05, 0) is 56.3 Å². The molecule has 1 unspecified atom stereocenters. The lowest BCUT2D eigenvalue weighted by atomic mass is 10.1. The fourth-order valence-electron chi connectivity index (χ4n) is 4.63. The van der Waals surface area contributed by atoms with Crippen molar-refractivity contribution in [2.75, 3.05) is 62.7 Å². The van der Waals surface area contributed by atoms with Crippen LogP contribution in [0.2, 0.25) is 10.0 Å². The molecule has 0 N–H and O–H groups in total. The summed E-state index contributed by atoms with van der Waals surface area (Å²) in [5, 5.41) is 0.916. The van der Waals surface area contributed by atoms with Crippen molar-refractivity contribution < 1.29 is 13.6 Å². The van der Waals surface area contributed by atoms with Gasteiger partial charge in [0.25, 0.3) is 0 Å². The molecule has 4 rings (SSSR count). The Bertz CT molecular complexity index is 1000. The van der Waals surface area contributed by atoms with Crippen LogP contribution < -0.4 is 9.80 Å². The molecule has 2 saturated heterocycles. The van der Waals surface area contributed by atoms with E-state index in [-0.39, 0.29) is 18.5 Å². The summed E-state index contributed by atoms with van der Waals surface area (Å²) in [6.07, 6.45) is 2.32. The van der Waals surface area contributed by atoms with Crippen molar-refractivity contribution in [3.05, 3.63) is 58.1 Å². The molecule has 0 spiro atoms. The van der Waals surface area contributed by atoms with Crippen LogP contribution in [0.4, 0.5) is 20.2 Å². The van der Waals surface area contributed by atoms with Gasteiger partial charge >= 0.3 is 0 Å². The van der Waals surface area contributed by atoms with Crippen LogP contribution in [0.1, 0.15) is 12.8 Å². The number of piperazine rings is 1. The summed E-state index contributed by atoms with van der Waals surface area (Å²) in [5.41, 5.74) is 1.45.